The maximum absolute atomic E-state index is 12.4. The van der Waals surface area contributed by atoms with Crippen molar-refractivity contribution >= 4 is 9.84 Å². The maximum Gasteiger partial charge on any atom is 0.175 e. The second kappa shape index (κ2) is 6.06. The average molecular weight is 296 g/mol. The minimum absolute atomic E-state index is 0.174. The number of hydrogen-bond acceptors (Lipinski definition) is 3. The van der Waals surface area contributed by atoms with E-state index >= 15 is 0 Å². The third-order valence-electron chi connectivity index (χ3n) is 2.33. The summed E-state index contributed by atoms with van der Waals surface area (Å²) in [5.41, 5.74) is -0.806. The minimum Gasteiger partial charge on any atom is -0.303 e. The first-order chi connectivity index (χ1) is 14.4. The minimum atomic E-state index is -5.02. The Balaban J connectivity index is 2.99. The summed E-state index contributed by atoms with van der Waals surface area (Å²) < 4.78 is 138. The van der Waals surface area contributed by atoms with Gasteiger partial charge in [0.05, 0.1) is 4.90 Å². The molecule has 1 aliphatic heterocycles. The van der Waals surface area contributed by atoms with Gasteiger partial charge in [-0.05, 0) is 55.8 Å². The lowest BCUT2D eigenvalue weighted by Crippen LogP contribution is -2.34. The predicted molar refractivity (Wildman–Crippen MR) is 78.3 cm³/mol. The molecule has 0 aromatic heterocycles. The Kier molecular flexibility index (Phi) is 1.54. The van der Waals surface area contributed by atoms with Gasteiger partial charge in [0.1, 0.15) is 0 Å². The highest BCUT2D eigenvalue weighted by molar-refractivity contribution is 7.90. The third kappa shape index (κ3) is 3.80. The van der Waals surface area contributed by atoms with Crippen LogP contribution in [0.2, 0.25) is 0 Å². The number of likely N-dealkylation sites (tertiary alicyclic amines) is 1. The van der Waals surface area contributed by atoms with Gasteiger partial charge >= 0.3 is 0 Å². The topological polar surface area (TPSA) is 37.4 Å². The number of rotatable bonds is 4. The molecule has 1 heterocycles. The zero-order valence-electron chi connectivity index (χ0n) is 24.2. The molecule has 0 N–H and O–H groups in total. The van der Waals surface area contributed by atoms with Crippen LogP contribution < -0.4 is 0 Å². The number of piperidine rings is 1. The van der Waals surface area contributed by atoms with Crippen LogP contribution in [-0.4, -0.2) is 39.0 Å². The van der Waals surface area contributed by atoms with Crippen LogP contribution in [0.1, 0.15) is 56.7 Å². The van der Waals surface area contributed by atoms with Crippen molar-refractivity contribution in [2.24, 2.45) is 0 Å². The highest BCUT2D eigenvalue weighted by Crippen LogP contribution is 2.28. The van der Waals surface area contributed by atoms with Crippen molar-refractivity contribution in [3.63, 3.8) is 0 Å². The van der Waals surface area contributed by atoms with Crippen LogP contribution in [0, 0.1) is 0 Å². The van der Waals surface area contributed by atoms with Crippen LogP contribution >= 0.6 is 0 Å². The van der Waals surface area contributed by atoms with E-state index in [0.717, 1.165) is 18.2 Å². The van der Waals surface area contributed by atoms with E-state index < -0.39 is 71.0 Å². The van der Waals surface area contributed by atoms with E-state index in [4.69, 9.17) is 19.2 Å². The summed E-state index contributed by atoms with van der Waals surface area (Å²) in [5, 5.41) is 0. The fraction of sp³-hybridized carbons (Fsp3) is 0.600. The summed E-state index contributed by atoms with van der Waals surface area (Å²) in [4.78, 5) is -1.08. The second-order valence-corrected chi connectivity index (χ2v) is 5.21. The first-order valence-electron chi connectivity index (χ1n) is 12.5. The molecule has 106 valence electrons. The molecular weight excluding hydrogens is 258 g/mol. The maximum atomic E-state index is 12.4. The third-order valence-corrected chi connectivity index (χ3v) is 3.20. The lowest BCUT2D eigenvalue weighted by atomic mass is 9.90. The zero-order valence-corrected chi connectivity index (χ0v) is 11.0. The van der Waals surface area contributed by atoms with Gasteiger partial charge in [0.2, 0.25) is 0 Å². The Hall–Kier alpha value is -0.870. The van der Waals surface area contributed by atoms with Crippen molar-refractivity contribution in [2.45, 2.75) is 36.9 Å². The fourth-order valence-electron chi connectivity index (χ4n) is 1.51. The van der Waals surface area contributed by atoms with Crippen LogP contribution in [0.15, 0.2) is 29.2 Å². The van der Waals surface area contributed by atoms with Crippen LogP contribution in [0.25, 0.3) is 0 Å². The molecule has 0 aliphatic carbocycles. The molecule has 1 aliphatic rings. The highest BCUT2D eigenvalue weighted by atomic mass is 32.2. The van der Waals surface area contributed by atoms with E-state index in [9.17, 15) is 8.42 Å². The Labute approximate surface area is 136 Å². The number of hydrogen-bond donors (Lipinski definition) is 0. The first-order valence-corrected chi connectivity index (χ1v) is 7.03. The molecule has 0 unspecified atom stereocenters. The van der Waals surface area contributed by atoms with E-state index in [0.29, 0.717) is 6.07 Å². The van der Waals surface area contributed by atoms with Gasteiger partial charge in [-0.25, -0.2) is 8.42 Å². The van der Waals surface area contributed by atoms with E-state index in [1.165, 1.54) is 6.92 Å². The molecule has 1 fully saturated rings. The molecule has 0 saturated carbocycles. The van der Waals surface area contributed by atoms with Crippen molar-refractivity contribution in [2.75, 3.05) is 25.7 Å². The van der Waals surface area contributed by atoms with Crippen LogP contribution in [0.4, 0.5) is 0 Å². The molecule has 4 heteroatoms. The molecule has 2 rings (SSSR count). The summed E-state index contributed by atoms with van der Waals surface area (Å²) in [6.07, 6.45) is -11.5. The van der Waals surface area contributed by atoms with E-state index in [1.54, 1.807) is 0 Å². The molecule has 1 atom stereocenters. The van der Waals surface area contributed by atoms with E-state index in [2.05, 4.69) is 0 Å². The molecule has 19 heavy (non-hydrogen) atoms. The Morgan fingerprint density at radius 3 is 3.21 bits per heavy atom. The van der Waals surface area contributed by atoms with Crippen molar-refractivity contribution in [1.82, 2.24) is 4.90 Å². The van der Waals surface area contributed by atoms with Crippen molar-refractivity contribution in [3.05, 3.63) is 29.8 Å². The summed E-state index contributed by atoms with van der Waals surface area (Å²) in [6.45, 7) is -8.86. The van der Waals surface area contributed by atoms with Crippen molar-refractivity contribution in [1.29, 1.82) is 0 Å². The predicted octanol–water partition coefficient (Wildman–Crippen LogP) is 2.68. The number of benzene rings is 1. The first kappa shape index (κ1) is 4.85. The molecule has 1 aromatic carbocycles. The summed E-state index contributed by atoms with van der Waals surface area (Å²) in [7, 11) is -5.02. The largest absolute Gasteiger partial charge is 0.303 e. The quantitative estimate of drug-likeness (QED) is 0.857. The van der Waals surface area contributed by atoms with Crippen molar-refractivity contribution < 1.29 is 27.6 Å². The Bertz CT molecular complexity index is 1040. The van der Waals surface area contributed by atoms with Gasteiger partial charge in [0.25, 0.3) is 0 Å². The second-order valence-electron chi connectivity index (χ2n) is 3.73. The van der Waals surface area contributed by atoms with E-state index in [1.807, 2.05) is 0 Å². The smallest absolute Gasteiger partial charge is 0.175 e. The lowest BCUT2D eigenvalue weighted by Gasteiger charge is -2.32. The van der Waals surface area contributed by atoms with Gasteiger partial charge in [-0.1, -0.05) is 19.1 Å². The molecule has 0 radical (unpaired) electrons. The Morgan fingerprint density at radius 1 is 1.63 bits per heavy atom. The molecule has 0 amide bonds. The molecule has 1 aromatic rings. The Morgan fingerprint density at radius 2 is 2.47 bits per heavy atom. The standard InChI is InChI=1S/C15H23NO2S/c1-3-9-16-10-5-7-14(12-16)13-6-4-8-15(11-13)19(2,17)18/h4,6,8,11,14H,3,5,7,9-10,12H2,1-2H3/t14-/m1/s1/i2D3,5D2,7D2,9D2,10D2,12D2,14D. The highest BCUT2D eigenvalue weighted by Gasteiger charge is 2.21. The van der Waals surface area contributed by atoms with Gasteiger partial charge in [-0.2, -0.15) is 0 Å². The molecule has 3 nitrogen and oxygen atoms in total. The van der Waals surface area contributed by atoms with Crippen LogP contribution in [-0.2, 0) is 9.84 Å². The van der Waals surface area contributed by atoms with Gasteiger partial charge in [-0.3, -0.25) is 0 Å². The molecule has 1 saturated heterocycles. The van der Waals surface area contributed by atoms with E-state index in [-0.39, 0.29) is 4.90 Å². The summed E-state index contributed by atoms with van der Waals surface area (Å²) >= 11 is 0. The molecule has 0 bridgehead atoms. The number of nitrogens with zero attached hydrogens (tertiary/aromatic N) is 1. The van der Waals surface area contributed by atoms with Gasteiger partial charge in [0, 0.05) is 31.9 Å². The monoisotopic (exact) mass is 295 g/mol. The summed E-state index contributed by atoms with van der Waals surface area (Å²) in [5.74, 6) is -3.45. The van der Waals surface area contributed by atoms with Gasteiger partial charge in [0.15, 0.2) is 9.84 Å². The molecular formula is C15H23NO2S. The normalized spacial score (nSPS) is 48.3. The van der Waals surface area contributed by atoms with Gasteiger partial charge in [-0.15, -0.1) is 0 Å². The SMILES string of the molecule is [2H]C([2H])(CC)N1C([2H])([2H])C([2H])([2H])C([2H])([2H])[C@@]([2H])(c2cccc(S(=O)(=O)C([2H])([2H])[2H])c2)C1([2H])[2H]. The molecule has 0 spiro atoms. The lowest BCUT2D eigenvalue weighted by molar-refractivity contribution is 0.208. The fourth-order valence-corrected chi connectivity index (χ4v) is 2.05. The van der Waals surface area contributed by atoms with Crippen LogP contribution in [0.5, 0.6) is 0 Å². The number of sulfone groups is 1. The van der Waals surface area contributed by atoms with Crippen LogP contribution in [0.3, 0.4) is 0 Å². The van der Waals surface area contributed by atoms with Crippen molar-refractivity contribution in [3.8, 4) is 0 Å². The average Bonchev–Trinajstić information content (AvgIpc) is 2.64. The summed E-state index contributed by atoms with van der Waals surface area (Å²) in [6, 6.07) is 3.17. The van der Waals surface area contributed by atoms with Gasteiger partial charge < -0.3 is 4.90 Å². The zero-order chi connectivity index (χ0) is 26.3.